The Hall–Kier alpha value is 0.200. The number of hydrogen-bond acceptors (Lipinski definition) is 2. The van der Waals surface area contributed by atoms with Crippen LogP contribution < -0.4 is 18.1 Å². The third-order valence-corrected chi connectivity index (χ3v) is 2.51. The van der Waals surface area contributed by atoms with Crippen molar-refractivity contribution in [3.05, 3.63) is 12.7 Å². The number of rotatable bonds is 6. The maximum Gasteiger partial charge on any atom is 0.0966 e. The number of quaternary nitrogens is 1. The van der Waals surface area contributed by atoms with Crippen LogP contribution in [-0.4, -0.2) is 56.8 Å². The molecule has 1 heterocycles. The molecule has 0 aromatic carbocycles. The van der Waals surface area contributed by atoms with E-state index in [1.807, 2.05) is 6.08 Å². The molecular formula is C11H24Cl2N2O. The molecule has 1 rings (SSSR count). The van der Waals surface area contributed by atoms with Gasteiger partial charge in [0.2, 0.25) is 0 Å². The second-order valence-electron chi connectivity index (χ2n) is 4.38. The van der Waals surface area contributed by atoms with Crippen molar-refractivity contribution < 1.29 is 21.6 Å². The van der Waals surface area contributed by atoms with Crippen LogP contribution in [0.4, 0.5) is 0 Å². The predicted octanol–water partition coefficient (Wildman–Crippen LogP) is -1.77. The van der Waals surface area contributed by atoms with Gasteiger partial charge in [-0.1, -0.05) is 6.58 Å². The first-order valence-corrected chi connectivity index (χ1v) is 5.89. The molecule has 1 aliphatic rings. The van der Waals surface area contributed by atoms with Crippen molar-refractivity contribution in [2.75, 3.05) is 46.2 Å². The van der Waals surface area contributed by atoms with Crippen LogP contribution in [0.25, 0.3) is 0 Å². The number of nitrogens with zero attached hydrogens (tertiary/aromatic N) is 1. The van der Waals surface area contributed by atoms with E-state index >= 15 is 0 Å². The molecule has 0 saturated carbocycles. The molecule has 5 heteroatoms. The highest BCUT2D eigenvalue weighted by Gasteiger charge is 2.19. The molecular weight excluding hydrogens is 247 g/mol. The largest absolute Gasteiger partial charge is 1.00 e. The zero-order valence-corrected chi connectivity index (χ0v) is 11.8. The third kappa shape index (κ3) is 12.3. The zero-order valence-electron chi connectivity index (χ0n) is 10.3. The standard InChI is InChI=1S/C8H19N2.C3H5ClO.ClH/c1-4-7-10(2,3)8-5-6-9;4-1-3-2-5-3;/h4H,1,5-9H2,2-3H3;3H,1-2H2;1H/q+1;;/p-1. The van der Waals surface area contributed by atoms with Gasteiger partial charge in [0.05, 0.1) is 45.8 Å². The van der Waals surface area contributed by atoms with Crippen LogP contribution in [0.15, 0.2) is 12.7 Å². The number of hydrogen-bond donors (Lipinski definition) is 1. The summed E-state index contributed by atoms with van der Waals surface area (Å²) >= 11 is 5.27. The van der Waals surface area contributed by atoms with Crippen molar-refractivity contribution in [1.82, 2.24) is 0 Å². The monoisotopic (exact) mass is 270 g/mol. The Morgan fingerprint density at radius 2 is 2.12 bits per heavy atom. The smallest absolute Gasteiger partial charge is 0.0966 e. The molecule has 1 atom stereocenters. The number of epoxide rings is 1. The second-order valence-corrected chi connectivity index (χ2v) is 4.69. The minimum absolute atomic E-state index is 0. The van der Waals surface area contributed by atoms with Gasteiger partial charge in [-0.25, -0.2) is 0 Å². The van der Waals surface area contributed by atoms with E-state index in [0.29, 0.717) is 12.0 Å². The average molecular weight is 271 g/mol. The van der Waals surface area contributed by atoms with Crippen molar-refractivity contribution in [3.63, 3.8) is 0 Å². The van der Waals surface area contributed by atoms with Gasteiger partial charge in [0.25, 0.3) is 0 Å². The van der Waals surface area contributed by atoms with Gasteiger partial charge in [-0.2, -0.15) is 0 Å². The summed E-state index contributed by atoms with van der Waals surface area (Å²) in [6.45, 7) is 7.55. The van der Waals surface area contributed by atoms with E-state index in [-0.39, 0.29) is 12.4 Å². The van der Waals surface area contributed by atoms with Crippen LogP contribution in [0, 0.1) is 0 Å². The van der Waals surface area contributed by atoms with Gasteiger partial charge in [0.1, 0.15) is 0 Å². The average Bonchev–Trinajstić information content (AvgIpc) is 2.99. The Bertz CT molecular complexity index is 173. The lowest BCUT2D eigenvalue weighted by Crippen LogP contribution is -3.00. The molecule has 0 spiro atoms. The molecule has 0 aromatic heterocycles. The first-order chi connectivity index (χ1) is 7.05. The van der Waals surface area contributed by atoms with Crippen LogP contribution in [0.1, 0.15) is 6.42 Å². The maximum absolute atomic E-state index is 5.40. The number of alkyl halides is 1. The summed E-state index contributed by atoms with van der Waals surface area (Å²) in [5.41, 5.74) is 5.40. The SMILES string of the molecule is C=CC[N+](C)(C)CCCN.ClCC1CO1.[Cl-]. The fourth-order valence-corrected chi connectivity index (χ4v) is 1.30. The van der Waals surface area contributed by atoms with E-state index in [9.17, 15) is 0 Å². The molecule has 98 valence electrons. The van der Waals surface area contributed by atoms with Crippen LogP contribution in [0.5, 0.6) is 0 Å². The molecule has 0 radical (unpaired) electrons. The van der Waals surface area contributed by atoms with E-state index in [1.165, 1.54) is 0 Å². The van der Waals surface area contributed by atoms with Crippen molar-refractivity contribution in [1.29, 1.82) is 0 Å². The second kappa shape index (κ2) is 10.4. The van der Waals surface area contributed by atoms with E-state index < -0.39 is 0 Å². The Kier molecular flexibility index (Phi) is 12.0. The summed E-state index contributed by atoms with van der Waals surface area (Å²) in [5.74, 6) is 0.667. The summed E-state index contributed by atoms with van der Waals surface area (Å²) in [4.78, 5) is 0. The van der Waals surface area contributed by atoms with E-state index in [1.54, 1.807) is 0 Å². The van der Waals surface area contributed by atoms with Gasteiger partial charge in [-0.3, -0.25) is 0 Å². The lowest BCUT2D eigenvalue weighted by atomic mass is 10.3. The van der Waals surface area contributed by atoms with E-state index in [0.717, 1.165) is 37.1 Å². The van der Waals surface area contributed by atoms with Gasteiger partial charge >= 0.3 is 0 Å². The van der Waals surface area contributed by atoms with Crippen LogP contribution >= 0.6 is 11.6 Å². The Morgan fingerprint density at radius 3 is 2.38 bits per heavy atom. The van der Waals surface area contributed by atoms with Crippen molar-refractivity contribution in [2.24, 2.45) is 5.73 Å². The molecule has 0 aliphatic carbocycles. The van der Waals surface area contributed by atoms with Gasteiger partial charge < -0.3 is 27.4 Å². The van der Waals surface area contributed by atoms with Gasteiger partial charge in [-0.15, -0.1) is 11.6 Å². The van der Waals surface area contributed by atoms with Gasteiger partial charge in [0, 0.05) is 6.42 Å². The Labute approximate surface area is 111 Å². The highest BCUT2D eigenvalue weighted by Crippen LogP contribution is 2.08. The first-order valence-electron chi connectivity index (χ1n) is 5.36. The number of ether oxygens (including phenoxy) is 1. The van der Waals surface area contributed by atoms with Crippen LogP contribution in [0.3, 0.4) is 0 Å². The Balaban J connectivity index is 0. The quantitative estimate of drug-likeness (QED) is 0.269. The Morgan fingerprint density at radius 1 is 1.56 bits per heavy atom. The summed E-state index contributed by atoms with van der Waals surface area (Å²) in [6.07, 6.45) is 3.45. The molecule has 1 saturated heterocycles. The van der Waals surface area contributed by atoms with E-state index in [2.05, 4.69) is 20.7 Å². The molecule has 0 amide bonds. The molecule has 0 aromatic rings. The lowest BCUT2D eigenvalue weighted by molar-refractivity contribution is -0.884. The minimum Gasteiger partial charge on any atom is -1.00 e. The summed E-state index contributed by atoms with van der Waals surface area (Å²) in [7, 11) is 4.38. The highest BCUT2D eigenvalue weighted by atomic mass is 35.5. The van der Waals surface area contributed by atoms with Gasteiger partial charge in [0.15, 0.2) is 0 Å². The van der Waals surface area contributed by atoms with Crippen molar-refractivity contribution in [3.8, 4) is 0 Å². The number of nitrogens with two attached hydrogens (primary N) is 1. The molecule has 1 unspecified atom stereocenters. The molecule has 1 fully saturated rings. The van der Waals surface area contributed by atoms with Gasteiger partial charge in [-0.05, 0) is 12.6 Å². The maximum atomic E-state index is 5.40. The molecule has 1 aliphatic heterocycles. The predicted molar refractivity (Wildman–Crippen MR) is 66.2 cm³/mol. The summed E-state index contributed by atoms with van der Waals surface area (Å²) in [6, 6.07) is 0. The topological polar surface area (TPSA) is 38.5 Å². The van der Waals surface area contributed by atoms with Crippen molar-refractivity contribution >= 4 is 11.6 Å². The molecule has 16 heavy (non-hydrogen) atoms. The zero-order chi connectivity index (χ0) is 11.7. The van der Waals surface area contributed by atoms with Crippen LogP contribution in [0.2, 0.25) is 0 Å². The van der Waals surface area contributed by atoms with E-state index in [4.69, 9.17) is 22.1 Å². The summed E-state index contributed by atoms with van der Waals surface area (Å²) < 4.78 is 5.73. The fraction of sp³-hybridized carbons (Fsp3) is 0.818. The highest BCUT2D eigenvalue weighted by molar-refractivity contribution is 6.18. The minimum atomic E-state index is 0. The molecule has 0 bridgehead atoms. The third-order valence-electron chi connectivity index (χ3n) is 2.17. The summed E-state index contributed by atoms with van der Waals surface area (Å²) in [5, 5.41) is 0. The first kappa shape index (κ1) is 18.6. The molecule has 3 nitrogen and oxygen atoms in total. The normalized spacial score (nSPS) is 17.9. The fourth-order valence-electron chi connectivity index (χ4n) is 1.12. The lowest BCUT2D eigenvalue weighted by Gasteiger charge is -2.27. The molecule has 2 N–H and O–H groups in total. The number of halogens is 2. The van der Waals surface area contributed by atoms with Crippen LogP contribution in [-0.2, 0) is 4.74 Å². The number of likely N-dealkylation sites (N-methyl/N-ethyl adjacent to an activating group) is 1. The van der Waals surface area contributed by atoms with Crippen molar-refractivity contribution in [2.45, 2.75) is 12.5 Å².